The third-order valence-corrected chi connectivity index (χ3v) is 4.27. The van der Waals surface area contributed by atoms with Crippen LogP contribution in [0.5, 0.6) is 0 Å². The maximum absolute atomic E-state index is 12.0. The van der Waals surface area contributed by atoms with Crippen LogP contribution in [0, 0.1) is 11.8 Å². The van der Waals surface area contributed by atoms with Gasteiger partial charge in [-0.15, -0.1) is 0 Å². The van der Waals surface area contributed by atoms with Gasteiger partial charge in [-0.25, -0.2) is 4.79 Å². The molecule has 0 radical (unpaired) electrons. The lowest BCUT2D eigenvalue weighted by molar-refractivity contribution is 0.177. The number of aliphatic hydroxyl groups is 1. The van der Waals surface area contributed by atoms with Crippen molar-refractivity contribution in [1.29, 1.82) is 0 Å². The molecule has 0 aromatic heterocycles. The Bertz CT molecular complexity index is 363. The van der Waals surface area contributed by atoms with Crippen molar-refractivity contribution in [3.05, 3.63) is 12.2 Å². The molecular formula is C16H29N3O2. The molecule has 120 valence electrons. The predicted molar refractivity (Wildman–Crippen MR) is 84.1 cm³/mol. The molecule has 2 rings (SSSR count). The molecular weight excluding hydrogens is 266 g/mol. The Balaban J connectivity index is 1.64. The smallest absolute Gasteiger partial charge is 0.315 e. The number of piperidine rings is 1. The zero-order valence-electron chi connectivity index (χ0n) is 13.2. The lowest BCUT2D eigenvalue weighted by Gasteiger charge is -2.33. The van der Waals surface area contributed by atoms with Crippen molar-refractivity contribution in [1.82, 2.24) is 15.5 Å². The van der Waals surface area contributed by atoms with E-state index >= 15 is 0 Å². The fourth-order valence-electron chi connectivity index (χ4n) is 3.19. The fourth-order valence-corrected chi connectivity index (χ4v) is 3.19. The van der Waals surface area contributed by atoms with Gasteiger partial charge in [0.05, 0.1) is 0 Å². The van der Waals surface area contributed by atoms with Crippen molar-refractivity contribution < 1.29 is 9.90 Å². The van der Waals surface area contributed by atoms with Crippen LogP contribution in [0.3, 0.4) is 0 Å². The number of carbonyl (C=O) groups is 1. The van der Waals surface area contributed by atoms with Crippen molar-refractivity contribution in [3.63, 3.8) is 0 Å². The number of nitrogens with one attached hydrogen (secondary N) is 2. The lowest BCUT2D eigenvalue weighted by atomic mass is 10.0. The maximum atomic E-state index is 12.0. The number of hydrogen-bond donors (Lipinski definition) is 3. The van der Waals surface area contributed by atoms with E-state index in [-0.39, 0.29) is 30.6 Å². The summed E-state index contributed by atoms with van der Waals surface area (Å²) in [6.45, 7) is 7.93. The van der Waals surface area contributed by atoms with Crippen LogP contribution >= 0.6 is 0 Å². The van der Waals surface area contributed by atoms with Crippen LogP contribution in [0.15, 0.2) is 12.2 Å². The number of urea groups is 1. The number of carbonyl (C=O) groups excluding carboxylic acids is 1. The van der Waals surface area contributed by atoms with Crippen molar-refractivity contribution in [3.8, 4) is 0 Å². The molecule has 0 aromatic carbocycles. The molecule has 0 unspecified atom stereocenters. The van der Waals surface area contributed by atoms with Crippen molar-refractivity contribution in [2.45, 2.75) is 45.2 Å². The van der Waals surface area contributed by atoms with E-state index in [0.717, 1.165) is 38.9 Å². The Morgan fingerprint density at radius 1 is 1.29 bits per heavy atom. The van der Waals surface area contributed by atoms with Gasteiger partial charge in [-0.1, -0.05) is 26.0 Å². The standard InChI is InChI=1S/C16H29N3O2/c1-12(2)10-19-7-5-14(6-8-19)17-16(21)18-15-4-3-13(9-15)11-20/h3-4,12-15,20H,5-11H2,1-2H3,(H2,17,18,21)/t13-,15+/m0/s1. The van der Waals surface area contributed by atoms with Gasteiger partial charge in [0.25, 0.3) is 0 Å². The van der Waals surface area contributed by atoms with E-state index in [0.29, 0.717) is 5.92 Å². The molecule has 1 fully saturated rings. The van der Waals surface area contributed by atoms with E-state index < -0.39 is 0 Å². The number of likely N-dealkylation sites (tertiary alicyclic amines) is 1. The van der Waals surface area contributed by atoms with E-state index in [2.05, 4.69) is 29.4 Å². The Morgan fingerprint density at radius 3 is 2.57 bits per heavy atom. The average Bonchev–Trinajstić information content (AvgIpc) is 2.88. The first-order valence-corrected chi connectivity index (χ1v) is 8.15. The van der Waals surface area contributed by atoms with Crippen LogP contribution < -0.4 is 10.6 Å². The van der Waals surface area contributed by atoms with Gasteiger partial charge in [0.1, 0.15) is 0 Å². The fraction of sp³-hybridized carbons (Fsp3) is 0.812. The second kappa shape index (κ2) is 7.80. The number of hydrogen-bond acceptors (Lipinski definition) is 3. The molecule has 1 aliphatic heterocycles. The highest BCUT2D eigenvalue weighted by atomic mass is 16.3. The minimum absolute atomic E-state index is 0.0585. The van der Waals surface area contributed by atoms with E-state index in [1.807, 2.05) is 12.2 Å². The quantitative estimate of drug-likeness (QED) is 0.671. The van der Waals surface area contributed by atoms with Crippen LogP contribution in [-0.2, 0) is 0 Å². The summed E-state index contributed by atoms with van der Waals surface area (Å²) < 4.78 is 0. The van der Waals surface area contributed by atoms with Crippen molar-refractivity contribution >= 4 is 6.03 Å². The Labute approximate surface area is 127 Å². The molecule has 1 saturated heterocycles. The summed E-state index contributed by atoms with van der Waals surface area (Å²) in [5.74, 6) is 0.890. The Kier molecular flexibility index (Phi) is 6.06. The molecule has 5 nitrogen and oxygen atoms in total. The molecule has 5 heteroatoms. The molecule has 2 aliphatic rings. The minimum Gasteiger partial charge on any atom is -0.396 e. The second-order valence-electron chi connectivity index (χ2n) is 6.76. The molecule has 0 aromatic rings. The molecule has 2 amide bonds. The zero-order valence-corrected chi connectivity index (χ0v) is 13.2. The molecule has 0 saturated carbocycles. The SMILES string of the molecule is CC(C)CN1CCC(NC(=O)N[C@@H]2C=C[C@H](CO)C2)CC1. The maximum Gasteiger partial charge on any atom is 0.315 e. The molecule has 0 spiro atoms. The highest BCUT2D eigenvalue weighted by Gasteiger charge is 2.23. The highest BCUT2D eigenvalue weighted by molar-refractivity contribution is 5.74. The first-order chi connectivity index (χ1) is 10.1. The lowest BCUT2D eigenvalue weighted by Crippen LogP contribution is -2.50. The summed E-state index contributed by atoms with van der Waals surface area (Å²) in [6, 6.07) is 0.265. The van der Waals surface area contributed by atoms with Gasteiger partial charge in [0.15, 0.2) is 0 Å². The summed E-state index contributed by atoms with van der Waals surface area (Å²) in [7, 11) is 0. The molecule has 1 aliphatic carbocycles. The predicted octanol–water partition coefficient (Wildman–Crippen LogP) is 1.34. The molecule has 21 heavy (non-hydrogen) atoms. The number of rotatable bonds is 5. The Hall–Kier alpha value is -1.07. The summed E-state index contributed by atoms with van der Waals surface area (Å²) in [5, 5.41) is 15.1. The van der Waals surface area contributed by atoms with Gasteiger partial charge in [0.2, 0.25) is 0 Å². The molecule has 1 heterocycles. The van der Waals surface area contributed by atoms with Crippen molar-refractivity contribution in [2.24, 2.45) is 11.8 Å². The summed E-state index contributed by atoms with van der Waals surface area (Å²) in [6.07, 6.45) is 6.82. The third kappa shape index (κ3) is 5.32. The van der Waals surface area contributed by atoms with Gasteiger partial charge in [0, 0.05) is 44.2 Å². The topological polar surface area (TPSA) is 64.6 Å². The van der Waals surface area contributed by atoms with Crippen LogP contribution in [0.25, 0.3) is 0 Å². The monoisotopic (exact) mass is 295 g/mol. The highest BCUT2D eigenvalue weighted by Crippen LogP contribution is 2.17. The van der Waals surface area contributed by atoms with Gasteiger partial charge >= 0.3 is 6.03 Å². The largest absolute Gasteiger partial charge is 0.396 e. The normalized spacial score (nSPS) is 27.2. The number of amides is 2. The summed E-state index contributed by atoms with van der Waals surface area (Å²) in [5.41, 5.74) is 0. The summed E-state index contributed by atoms with van der Waals surface area (Å²) >= 11 is 0. The minimum atomic E-state index is -0.0782. The molecule has 3 N–H and O–H groups in total. The van der Waals surface area contributed by atoms with Gasteiger partial charge < -0.3 is 20.6 Å². The van der Waals surface area contributed by atoms with Gasteiger partial charge in [-0.05, 0) is 25.2 Å². The van der Waals surface area contributed by atoms with Gasteiger partial charge in [-0.3, -0.25) is 0 Å². The van der Waals surface area contributed by atoms with Crippen LogP contribution in [0.1, 0.15) is 33.1 Å². The third-order valence-electron chi connectivity index (χ3n) is 4.27. The molecule has 0 bridgehead atoms. The van der Waals surface area contributed by atoms with E-state index in [1.54, 1.807) is 0 Å². The van der Waals surface area contributed by atoms with E-state index in [9.17, 15) is 4.79 Å². The second-order valence-corrected chi connectivity index (χ2v) is 6.76. The first-order valence-electron chi connectivity index (χ1n) is 8.15. The van der Waals surface area contributed by atoms with Crippen LogP contribution in [0.2, 0.25) is 0 Å². The van der Waals surface area contributed by atoms with Gasteiger partial charge in [-0.2, -0.15) is 0 Å². The average molecular weight is 295 g/mol. The Morgan fingerprint density at radius 2 is 2.00 bits per heavy atom. The molecule has 2 atom stereocenters. The first kappa shape index (κ1) is 16.3. The van der Waals surface area contributed by atoms with E-state index in [4.69, 9.17) is 5.11 Å². The summed E-state index contributed by atoms with van der Waals surface area (Å²) in [4.78, 5) is 14.5. The zero-order chi connectivity index (χ0) is 15.2. The number of aliphatic hydroxyl groups excluding tert-OH is 1. The van der Waals surface area contributed by atoms with E-state index in [1.165, 1.54) is 0 Å². The number of nitrogens with zero attached hydrogens (tertiary/aromatic N) is 1. The van der Waals surface area contributed by atoms with Crippen molar-refractivity contribution in [2.75, 3.05) is 26.2 Å². The van der Waals surface area contributed by atoms with Crippen LogP contribution in [-0.4, -0.2) is 54.4 Å². The van der Waals surface area contributed by atoms with Crippen LogP contribution in [0.4, 0.5) is 4.79 Å².